The highest BCUT2D eigenvalue weighted by molar-refractivity contribution is 5.62. The van der Waals surface area contributed by atoms with Gasteiger partial charge in [0.2, 0.25) is 0 Å². The Balaban J connectivity index is 2.17. The van der Waals surface area contributed by atoms with E-state index in [0.717, 1.165) is 6.54 Å². The predicted octanol–water partition coefficient (Wildman–Crippen LogP) is 3.50. The first-order valence-corrected chi connectivity index (χ1v) is 6.61. The van der Waals surface area contributed by atoms with Crippen LogP contribution in [-0.4, -0.2) is 23.1 Å². The first kappa shape index (κ1) is 12.7. The van der Waals surface area contributed by atoms with Crippen molar-refractivity contribution in [1.82, 2.24) is 9.55 Å². The van der Waals surface area contributed by atoms with Gasteiger partial charge in [0, 0.05) is 26.0 Å². The van der Waals surface area contributed by atoms with Crippen molar-refractivity contribution in [2.75, 3.05) is 18.5 Å². The van der Waals surface area contributed by atoms with Crippen LogP contribution in [0.1, 0.15) is 26.2 Å². The van der Waals surface area contributed by atoms with Crippen LogP contribution in [0.2, 0.25) is 0 Å². The third-order valence-corrected chi connectivity index (χ3v) is 3.17. The molecule has 0 fully saturated rings. The number of anilines is 1. The van der Waals surface area contributed by atoms with Gasteiger partial charge in [-0.15, -0.1) is 0 Å². The van der Waals surface area contributed by atoms with Gasteiger partial charge in [0.05, 0.1) is 17.7 Å². The van der Waals surface area contributed by atoms with Gasteiger partial charge in [-0.1, -0.05) is 31.9 Å². The molecule has 0 amide bonds. The van der Waals surface area contributed by atoms with E-state index >= 15 is 0 Å². The van der Waals surface area contributed by atoms with Crippen molar-refractivity contribution in [2.45, 2.75) is 26.2 Å². The van der Waals surface area contributed by atoms with Crippen molar-refractivity contribution in [2.24, 2.45) is 0 Å². The molecule has 0 aliphatic rings. The van der Waals surface area contributed by atoms with Gasteiger partial charge < -0.3 is 9.47 Å². The van der Waals surface area contributed by atoms with Gasteiger partial charge >= 0.3 is 0 Å². The molecule has 0 unspecified atom stereocenters. The standard InChI is InChI=1S/C15H21N3/c1-3-4-7-11-17(2)14-8-5-6-9-15(14)18-12-10-16-13-18/h5-6,8-10,12-13H,3-4,7,11H2,1-2H3. The summed E-state index contributed by atoms with van der Waals surface area (Å²) in [6, 6.07) is 8.46. The Hall–Kier alpha value is -1.77. The molecule has 0 spiro atoms. The maximum Gasteiger partial charge on any atom is 0.0992 e. The number of rotatable bonds is 6. The van der Waals surface area contributed by atoms with Crippen molar-refractivity contribution in [3.05, 3.63) is 43.0 Å². The fourth-order valence-electron chi connectivity index (χ4n) is 2.13. The van der Waals surface area contributed by atoms with Crippen LogP contribution in [0.25, 0.3) is 5.69 Å². The van der Waals surface area contributed by atoms with E-state index in [-0.39, 0.29) is 0 Å². The highest BCUT2D eigenvalue weighted by Gasteiger charge is 2.07. The maximum absolute atomic E-state index is 4.12. The lowest BCUT2D eigenvalue weighted by Gasteiger charge is -2.22. The fourth-order valence-corrected chi connectivity index (χ4v) is 2.13. The van der Waals surface area contributed by atoms with Crippen LogP contribution >= 0.6 is 0 Å². The second-order valence-electron chi connectivity index (χ2n) is 4.59. The zero-order valence-electron chi connectivity index (χ0n) is 11.2. The lowest BCUT2D eigenvalue weighted by molar-refractivity contribution is 0.704. The van der Waals surface area contributed by atoms with Crippen LogP contribution in [-0.2, 0) is 0 Å². The molecule has 2 rings (SSSR count). The second kappa shape index (κ2) is 6.24. The number of nitrogens with zero attached hydrogens (tertiary/aromatic N) is 3. The van der Waals surface area contributed by atoms with E-state index in [4.69, 9.17) is 0 Å². The molecule has 1 heterocycles. The van der Waals surface area contributed by atoms with Crippen molar-refractivity contribution >= 4 is 5.69 Å². The van der Waals surface area contributed by atoms with Gasteiger partial charge in [-0.2, -0.15) is 0 Å². The first-order valence-electron chi connectivity index (χ1n) is 6.61. The highest BCUT2D eigenvalue weighted by atomic mass is 15.1. The third kappa shape index (κ3) is 2.92. The summed E-state index contributed by atoms with van der Waals surface area (Å²) < 4.78 is 2.06. The maximum atomic E-state index is 4.12. The molecule has 1 aromatic carbocycles. The summed E-state index contributed by atoms with van der Waals surface area (Å²) in [6.07, 6.45) is 9.44. The van der Waals surface area contributed by atoms with E-state index in [9.17, 15) is 0 Å². The summed E-state index contributed by atoms with van der Waals surface area (Å²) in [5.74, 6) is 0. The molecule has 0 saturated carbocycles. The molecule has 0 radical (unpaired) electrons. The van der Waals surface area contributed by atoms with Gasteiger partial charge in [0.15, 0.2) is 0 Å². The van der Waals surface area contributed by atoms with Gasteiger partial charge in [-0.3, -0.25) is 0 Å². The summed E-state index contributed by atoms with van der Waals surface area (Å²) in [5, 5.41) is 0. The lowest BCUT2D eigenvalue weighted by atomic mass is 10.2. The minimum Gasteiger partial charge on any atom is -0.373 e. The van der Waals surface area contributed by atoms with E-state index in [0.29, 0.717) is 0 Å². The Bertz CT molecular complexity index is 462. The van der Waals surface area contributed by atoms with Crippen molar-refractivity contribution in [3.63, 3.8) is 0 Å². The molecule has 3 nitrogen and oxygen atoms in total. The van der Waals surface area contributed by atoms with Gasteiger partial charge in [0.25, 0.3) is 0 Å². The zero-order valence-corrected chi connectivity index (χ0v) is 11.2. The van der Waals surface area contributed by atoms with Crippen LogP contribution in [0.5, 0.6) is 0 Å². The Labute approximate surface area is 109 Å². The largest absolute Gasteiger partial charge is 0.373 e. The van der Waals surface area contributed by atoms with Crippen LogP contribution in [0.3, 0.4) is 0 Å². The Morgan fingerprint density at radius 3 is 2.78 bits per heavy atom. The van der Waals surface area contributed by atoms with E-state index in [1.807, 2.05) is 18.7 Å². The second-order valence-corrected chi connectivity index (χ2v) is 4.59. The fraction of sp³-hybridized carbons (Fsp3) is 0.400. The molecular formula is C15H21N3. The van der Waals surface area contributed by atoms with Crippen LogP contribution in [0.15, 0.2) is 43.0 Å². The highest BCUT2D eigenvalue weighted by Crippen LogP contribution is 2.23. The SMILES string of the molecule is CCCCCN(C)c1ccccc1-n1ccnc1. The van der Waals surface area contributed by atoms with E-state index < -0.39 is 0 Å². The van der Waals surface area contributed by atoms with Crippen LogP contribution in [0.4, 0.5) is 5.69 Å². The zero-order chi connectivity index (χ0) is 12.8. The Morgan fingerprint density at radius 1 is 1.22 bits per heavy atom. The number of unbranched alkanes of at least 4 members (excludes halogenated alkanes) is 2. The molecule has 0 bridgehead atoms. The Morgan fingerprint density at radius 2 is 2.06 bits per heavy atom. The molecule has 2 aromatic rings. The summed E-state index contributed by atoms with van der Waals surface area (Å²) in [7, 11) is 2.16. The molecule has 0 saturated heterocycles. The normalized spacial score (nSPS) is 10.6. The third-order valence-electron chi connectivity index (χ3n) is 3.17. The predicted molar refractivity (Wildman–Crippen MR) is 76.4 cm³/mol. The smallest absolute Gasteiger partial charge is 0.0992 e. The van der Waals surface area contributed by atoms with E-state index in [1.165, 1.54) is 30.6 Å². The molecule has 0 aliphatic heterocycles. The van der Waals surface area contributed by atoms with Gasteiger partial charge in [-0.25, -0.2) is 4.98 Å². The summed E-state index contributed by atoms with van der Waals surface area (Å²) in [5.41, 5.74) is 2.45. The molecule has 0 N–H and O–H groups in total. The van der Waals surface area contributed by atoms with Gasteiger partial charge in [-0.05, 0) is 18.6 Å². The number of hydrogen-bond donors (Lipinski definition) is 0. The molecule has 18 heavy (non-hydrogen) atoms. The number of aromatic nitrogens is 2. The molecular weight excluding hydrogens is 222 g/mol. The average molecular weight is 243 g/mol. The molecule has 0 aliphatic carbocycles. The number of benzene rings is 1. The van der Waals surface area contributed by atoms with E-state index in [2.05, 4.69) is 52.7 Å². The molecule has 0 atom stereocenters. The van der Waals surface area contributed by atoms with Gasteiger partial charge in [0.1, 0.15) is 0 Å². The lowest BCUT2D eigenvalue weighted by Crippen LogP contribution is -2.20. The van der Waals surface area contributed by atoms with E-state index in [1.54, 1.807) is 0 Å². The minimum absolute atomic E-state index is 1.10. The van der Waals surface area contributed by atoms with Crippen molar-refractivity contribution < 1.29 is 0 Å². The summed E-state index contributed by atoms with van der Waals surface area (Å²) in [4.78, 5) is 6.44. The van der Waals surface area contributed by atoms with Crippen molar-refractivity contribution in [3.8, 4) is 5.69 Å². The summed E-state index contributed by atoms with van der Waals surface area (Å²) in [6.45, 7) is 3.33. The molecule has 1 aromatic heterocycles. The van der Waals surface area contributed by atoms with Crippen molar-refractivity contribution in [1.29, 1.82) is 0 Å². The molecule has 96 valence electrons. The number of para-hydroxylation sites is 2. The first-order chi connectivity index (χ1) is 8.83. The minimum atomic E-state index is 1.10. The monoisotopic (exact) mass is 243 g/mol. The Kier molecular flexibility index (Phi) is 4.40. The summed E-state index contributed by atoms with van der Waals surface area (Å²) >= 11 is 0. The van der Waals surface area contributed by atoms with Crippen LogP contribution in [0, 0.1) is 0 Å². The molecule has 3 heteroatoms. The quantitative estimate of drug-likeness (QED) is 0.724. The topological polar surface area (TPSA) is 21.1 Å². The van der Waals surface area contributed by atoms with Crippen LogP contribution < -0.4 is 4.90 Å². The number of imidazole rings is 1. The number of hydrogen-bond acceptors (Lipinski definition) is 2. The average Bonchev–Trinajstić information content (AvgIpc) is 2.93.